The summed E-state index contributed by atoms with van der Waals surface area (Å²) < 4.78 is 0. The number of aromatic hydroxyl groups is 1. The van der Waals surface area contributed by atoms with Gasteiger partial charge >= 0.3 is 0 Å². The molecule has 2 rings (SSSR count). The van der Waals surface area contributed by atoms with Crippen molar-refractivity contribution in [3.63, 3.8) is 0 Å². The topological polar surface area (TPSA) is 20.2 Å². The van der Waals surface area contributed by atoms with Crippen molar-refractivity contribution in [2.24, 2.45) is 0 Å². The zero-order valence-electron chi connectivity index (χ0n) is 9.36. The molecule has 0 aliphatic carbocycles. The predicted molar refractivity (Wildman–Crippen MR) is 70.3 cm³/mol. The number of hydrogen-bond acceptors (Lipinski definition) is 2. The Morgan fingerprint density at radius 1 is 0.938 bits per heavy atom. The van der Waals surface area contributed by atoms with Gasteiger partial charge in [0.05, 0.1) is 0 Å². The summed E-state index contributed by atoms with van der Waals surface area (Å²) in [6.07, 6.45) is 0. The largest absolute Gasteiger partial charge is 0.507 e. The molecule has 2 aromatic rings. The van der Waals surface area contributed by atoms with Gasteiger partial charge in [0.2, 0.25) is 0 Å². The normalized spacial score (nSPS) is 10.4. The van der Waals surface area contributed by atoms with Gasteiger partial charge in [-0.15, -0.1) is 12.6 Å². The monoisotopic (exact) mass is 230 g/mol. The third-order valence-electron chi connectivity index (χ3n) is 2.51. The lowest BCUT2D eigenvalue weighted by Crippen LogP contribution is -1.84. The highest BCUT2D eigenvalue weighted by Crippen LogP contribution is 2.32. The number of benzene rings is 2. The second kappa shape index (κ2) is 4.22. The van der Waals surface area contributed by atoms with Crippen LogP contribution in [0.1, 0.15) is 11.1 Å². The van der Waals surface area contributed by atoms with Crippen LogP contribution in [0.2, 0.25) is 0 Å². The first kappa shape index (κ1) is 11.1. The van der Waals surface area contributed by atoms with Gasteiger partial charge in [-0.2, -0.15) is 0 Å². The maximum absolute atomic E-state index is 9.84. The summed E-state index contributed by atoms with van der Waals surface area (Å²) >= 11 is 4.29. The summed E-state index contributed by atoms with van der Waals surface area (Å²) in [4.78, 5) is 0.854. The van der Waals surface area contributed by atoms with Crippen LogP contribution in [-0.4, -0.2) is 5.11 Å². The second-order valence-electron chi connectivity index (χ2n) is 4.08. The Hall–Kier alpha value is -1.41. The summed E-state index contributed by atoms with van der Waals surface area (Å²) in [6.45, 7) is 4.11. The fourth-order valence-corrected chi connectivity index (χ4v) is 2.09. The van der Waals surface area contributed by atoms with Crippen LogP contribution in [-0.2, 0) is 0 Å². The molecule has 0 amide bonds. The first-order valence-electron chi connectivity index (χ1n) is 5.17. The molecule has 0 fully saturated rings. The zero-order chi connectivity index (χ0) is 11.7. The number of hydrogen-bond donors (Lipinski definition) is 2. The van der Waals surface area contributed by atoms with Gasteiger partial charge in [0.15, 0.2) is 0 Å². The van der Waals surface area contributed by atoms with E-state index in [0.29, 0.717) is 5.75 Å². The maximum atomic E-state index is 9.84. The summed E-state index contributed by atoms with van der Waals surface area (Å²) in [5.41, 5.74) is 4.25. The Morgan fingerprint density at radius 2 is 1.56 bits per heavy atom. The number of aryl methyl sites for hydroxylation is 2. The average molecular weight is 230 g/mol. The van der Waals surface area contributed by atoms with Crippen molar-refractivity contribution in [3.8, 4) is 16.9 Å². The van der Waals surface area contributed by atoms with Crippen molar-refractivity contribution in [1.29, 1.82) is 0 Å². The van der Waals surface area contributed by atoms with Gasteiger partial charge in [-0.1, -0.05) is 29.3 Å². The minimum Gasteiger partial charge on any atom is -0.507 e. The molecule has 2 aromatic carbocycles. The van der Waals surface area contributed by atoms with E-state index in [9.17, 15) is 5.11 Å². The summed E-state index contributed by atoms with van der Waals surface area (Å²) in [5.74, 6) is 0.294. The third-order valence-corrected chi connectivity index (χ3v) is 2.79. The van der Waals surface area contributed by atoms with Crippen LogP contribution in [0.5, 0.6) is 5.75 Å². The first-order valence-corrected chi connectivity index (χ1v) is 5.61. The summed E-state index contributed by atoms with van der Waals surface area (Å²) in [5, 5.41) is 9.84. The lowest BCUT2D eigenvalue weighted by molar-refractivity contribution is 0.477. The molecule has 2 heteroatoms. The maximum Gasteiger partial charge on any atom is 0.123 e. The van der Waals surface area contributed by atoms with E-state index >= 15 is 0 Å². The molecule has 1 nitrogen and oxygen atoms in total. The van der Waals surface area contributed by atoms with Gasteiger partial charge in [0.1, 0.15) is 5.75 Å². The van der Waals surface area contributed by atoms with Crippen LogP contribution in [0.15, 0.2) is 41.3 Å². The molecule has 82 valence electrons. The highest BCUT2D eigenvalue weighted by atomic mass is 32.1. The lowest BCUT2D eigenvalue weighted by Gasteiger charge is -2.08. The van der Waals surface area contributed by atoms with E-state index in [1.807, 2.05) is 6.07 Å². The quantitative estimate of drug-likeness (QED) is 0.710. The second-order valence-corrected chi connectivity index (χ2v) is 4.59. The van der Waals surface area contributed by atoms with Crippen molar-refractivity contribution in [2.45, 2.75) is 18.7 Å². The molecule has 0 unspecified atom stereocenters. The molecule has 16 heavy (non-hydrogen) atoms. The summed E-state index contributed by atoms with van der Waals surface area (Å²) in [7, 11) is 0. The Kier molecular flexibility index (Phi) is 2.92. The zero-order valence-corrected chi connectivity index (χ0v) is 10.3. The van der Waals surface area contributed by atoms with Crippen molar-refractivity contribution in [2.75, 3.05) is 0 Å². The number of phenolic OH excluding ortho intramolecular Hbond substituents is 1. The molecule has 0 saturated carbocycles. The summed E-state index contributed by atoms with van der Waals surface area (Å²) in [6, 6.07) is 11.6. The van der Waals surface area contributed by atoms with E-state index in [2.05, 4.69) is 44.7 Å². The molecular formula is C14H14OS. The molecule has 0 heterocycles. The number of phenols is 1. The molecular weight excluding hydrogens is 216 g/mol. The van der Waals surface area contributed by atoms with Crippen LogP contribution < -0.4 is 0 Å². The fraction of sp³-hybridized carbons (Fsp3) is 0.143. The van der Waals surface area contributed by atoms with Crippen molar-refractivity contribution in [1.82, 2.24) is 0 Å². The molecule has 0 bridgehead atoms. The van der Waals surface area contributed by atoms with E-state index in [0.717, 1.165) is 16.0 Å². The van der Waals surface area contributed by atoms with Crippen LogP contribution in [0.25, 0.3) is 11.1 Å². The molecule has 0 spiro atoms. The van der Waals surface area contributed by atoms with Crippen molar-refractivity contribution in [3.05, 3.63) is 47.5 Å². The van der Waals surface area contributed by atoms with Gasteiger partial charge in [0.25, 0.3) is 0 Å². The van der Waals surface area contributed by atoms with Gasteiger partial charge in [-0.25, -0.2) is 0 Å². The van der Waals surface area contributed by atoms with Crippen molar-refractivity contribution < 1.29 is 5.11 Å². The Labute approximate surface area is 101 Å². The van der Waals surface area contributed by atoms with Crippen LogP contribution >= 0.6 is 12.6 Å². The fourth-order valence-electron chi connectivity index (χ4n) is 1.89. The molecule has 0 aliphatic heterocycles. The average Bonchev–Trinajstić information content (AvgIpc) is 2.20. The number of rotatable bonds is 1. The highest BCUT2D eigenvalue weighted by molar-refractivity contribution is 7.80. The van der Waals surface area contributed by atoms with Gasteiger partial charge in [0, 0.05) is 10.5 Å². The van der Waals surface area contributed by atoms with Crippen LogP contribution in [0, 0.1) is 13.8 Å². The minimum absolute atomic E-state index is 0.294. The SMILES string of the molecule is Cc1cc(C)cc(-c2cc(S)ccc2O)c1. The van der Waals surface area contributed by atoms with Crippen molar-refractivity contribution >= 4 is 12.6 Å². The smallest absolute Gasteiger partial charge is 0.123 e. The standard InChI is InChI=1S/C14H14OS/c1-9-5-10(2)7-11(6-9)13-8-12(16)3-4-14(13)15/h3-8,15-16H,1-2H3. The van der Waals surface area contributed by atoms with Gasteiger partial charge < -0.3 is 5.11 Å². The molecule has 0 radical (unpaired) electrons. The third kappa shape index (κ3) is 2.22. The van der Waals surface area contributed by atoms with E-state index in [1.54, 1.807) is 12.1 Å². The van der Waals surface area contributed by atoms with Crippen LogP contribution in [0.4, 0.5) is 0 Å². The first-order chi connectivity index (χ1) is 7.56. The Balaban J connectivity index is 2.62. The number of thiol groups is 1. The predicted octanol–water partition coefficient (Wildman–Crippen LogP) is 3.96. The lowest BCUT2D eigenvalue weighted by atomic mass is 10.00. The van der Waals surface area contributed by atoms with E-state index in [-0.39, 0.29) is 0 Å². The molecule has 1 N–H and O–H groups in total. The molecule has 0 atom stereocenters. The highest BCUT2D eigenvalue weighted by Gasteiger charge is 2.05. The molecule has 0 aliphatic rings. The molecule has 0 saturated heterocycles. The van der Waals surface area contributed by atoms with Crippen LogP contribution in [0.3, 0.4) is 0 Å². The van der Waals surface area contributed by atoms with Gasteiger partial charge in [-0.3, -0.25) is 0 Å². The Bertz CT molecular complexity index is 512. The van der Waals surface area contributed by atoms with Gasteiger partial charge in [-0.05, 0) is 37.6 Å². The van der Waals surface area contributed by atoms with E-state index in [4.69, 9.17) is 0 Å². The minimum atomic E-state index is 0.294. The van der Waals surface area contributed by atoms with E-state index < -0.39 is 0 Å². The Morgan fingerprint density at radius 3 is 2.19 bits per heavy atom. The van der Waals surface area contributed by atoms with E-state index in [1.165, 1.54) is 11.1 Å². The molecule has 0 aromatic heterocycles.